The average molecular weight is 302 g/mol. The number of amides is 1. The van der Waals surface area contributed by atoms with E-state index in [9.17, 15) is 4.79 Å². The lowest BCUT2D eigenvalue weighted by atomic mass is 9.96. The minimum atomic E-state index is -0.535. The van der Waals surface area contributed by atoms with Gasteiger partial charge in [-0.05, 0) is 49.2 Å². The number of rotatable bonds is 3. The summed E-state index contributed by atoms with van der Waals surface area (Å²) in [5, 5.41) is 5.75. The van der Waals surface area contributed by atoms with Crippen molar-refractivity contribution >= 4 is 29.0 Å². The van der Waals surface area contributed by atoms with Gasteiger partial charge in [-0.25, -0.2) is 4.79 Å². The first kappa shape index (κ1) is 15.3. The number of alkyl carbamates (subject to hydrolysis) is 1. The van der Waals surface area contributed by atoms with Crippen molar-refractivity contribution in [1.82, 2.24) is 10.6 Å². The van der Waals surface area contributed by atoms with Crippen LogP contribution in [0.4, 0.5) is 4.79 Å². The van der Waals surface area contributed by atoms with Gasteiger partial charge < -0.3 is 10.1 Å². The lowest BCUT2D eigenvalue weighted by Gasteiger charge is -2.17. The molecule has 0 saturated carbocycles. The van der Waals surface area contributed by atoms with Crippen LogP contribution < -0.4 is 10.6 Å². The predicted octanol–water partition coefficient (Wildman–Crippen LogP) is 3.37. The fourth-order valence-electron chi connectivity index (χ4n) is 2.07. The van der Waals surface area contributed by atoms with E-state index < -0.39 is 6.09 Å². The number of ether oxygens (including phenoxy) is 1. The highest BCUT2D eigenvalue weighted by atomic mass is 32.1. The van der Waals surface area contributed by atoms with Gasteiger partial charge in [-0.3, -0.25) is 5.32 Å². The molecule has 1 aromatic rings. The molecule has 0 aliphatic heterocycles. The Kier molecular flexibility index (Phi) is 5.51. The van der Waals surface area contributed by atoms with E-state index in [0.717, 1.165) is 18.5 Å². The first-order valence-electron chi connectivity index (χ1n) is 6.89. The number of carbonyl (C=O) groups excluding carboxylic acids is 1. The minimum Gasteiger partial charge on any atom is -0.450 e. The molecule has 0 saturated heterocycles. The maximum Gasteiger partial charge on any atom is 0.413 e. The topological polar surface area (TPSA) is 50.4 Å². The van der Waals surface area contributed by atoms with Crippen LogP contribution in [0, 0.1) is 0 Å². The van der Waals surface area contributed by atoms with Crippen LogP contribution in [-0.4, -0.2) is 17.8 Å². The lowest BCUT2D eigenvalue weighted by Crippen LogP contribution is -2.39. The van der Waals surface area contributed by atoms with E-state index in [-0.39, 0.29) is 5.11 Å². The van der Waals surface area contributed by atoms with Gasteiger partial charge in [0, 0.05) is 5.70 Å². The molecular formula is C16H18N2O2S. The summed E-state index contributed by atoms with van der Waals surface area (Å²) in [4.78, 5) is 11.2. The molecule has 0 atom stereocenters. The summed E-state index contributed by atoms with van der Waals surface area (Å²) in [6, 6.07) is 10.3. The third-order valence-electron chi connectivity index (χ3n) is 3.06. The maximum absolute atomic E-state index is 11.2. The van der Waals surface area contributed by atoms with Crippen LogP contribution in [0.3, 0.4) is 0 Å². The normalized spacial score (nSPS) is 13.8. The Bertz CT molecular complexity index is 579. The Balaban J connectivity index is 1.92. The summed E-state index contributed by atoms with van der Waals surface area (Å²) in [7, 11) is 0. The number of thiocarbonyl (C=S) groups is 1. The average Bonchev–Trinajstić information content (AvgIpc) is 2.49. The van der Waals surface area contributed by atoms with E-state index in [0.29, 0.717) is 6.61 Å². The molecule has 0 spiro atoms. The molecule has 5 heteroatoms. The number of benzene rings is 1. The monoisotopic (exact) mass is 302 g/mol. The van der Waals surface area contributed by atoms with E-state index in [1.54, 1.807) is 6.92 Å². The second-order valence-corrected chi connectivity index (χ2v) is 4.96. The number of allylic oxidation sites excluding steroid dienone is 4. The summed E-state index contributed by atoms with van der Waals surface area (Å²) in [5.41, 5.74) is 3.52. The zero-order valence-corrected chi connectivity index (χ0v) is 12.7. The molecule has 4 nitrogen and oxygen atoms in total. The third-order valence-corrected chi connectivity index (χ3v) is 3.26. The Morgan fingerprint density at radius 1 is 1.24 bits per heavy atom. The van der Waals surface area contributed by atoms with E-state index in [4.69, 9.17) is 17.0 Å². The van der Waals surface area contributed by atoms with Crippen molar-refractivity contribution in [3.63, 3.8) is 0 Å². The van der Waals surface area contributed by atoms with E-state index in [1.165, 1.54) is 11.1 Å². The Labute approximate surface area is 129 Å². The first-order valence-corrected chi connectivity index (χ1v) is 7.29. The fraction of sp³-hybridized carbons (Fsp3) is 0.250. The predicted molar refractivity (Wildman–Crippen MR) is 87.6 cm³/mol. The molecule has 1 aliphatic rings. The van der Waals surface area contributed by atoms with Crippen LogP contribution in [0.15, 0.2) is 48.2 Å². The molecule has 1 aromatic carbocycles. The van der Waals surface area contributed by atoms with Crippen molar-refractivity contribution < 1.29 is 9.53 Å². The molecule has 21 heavy (non-hydrogen) atoms. The van der Waals surface area contributed by atoms with Gasteiger partial charge in [0.25, 0.3) is 0 Å². The number of hydrogen-bond donors (Lipinski definition) is 2. The van der Waals surface area contributed by atoms with Crippen molar-refractivity contribution in [3.05, 3.63) is 53.7 Å². The second-order valence-electron chi connectivity index (χ2n) is 4.55. The maximum atomic E-state index is 11.2. The molecule has 1 aliphatic carbocycles. The lowest BCUT2D eigenvalue weighted by molar-refractivity contribution is 0.158. The SMILES string of the molecule is CCOC(=O)NC(=S)NC1=CC=C(c2ccccc2)CC1. The van der Waals surface area contributed by atoms with Gasteiger partial charge in [-0.1, -0.05) is 36.4 Å². The summed E-state index contributed by atoms with van der Waals surface area (Å²) >= 11 is 5.06. The first-order chi connectivity index (χ1) is 10.2. The highest BCUT2D eigenvalue weighted by Gasteiger charge is 2.10. The van der Waals surface area contributed by atoms with E-state index in [2.05, 4.69) is 28.8 Å². The summed E-state index contributed by atoms with van der Waals surface area (Å²) < 4.78 is 4.77. The van der Waals surface area contributed by atoms with Crippen LogP contribution in [0.1, 0.15) is 25.3 Å². The van der Waals surface area contributed by atoms with Crippen molar-refractivity contribution in [1.29, 1.82) is 0 Å². The summed E-state index contributed by atoms with van der Waals surface area (Å²) in [6.45, 7) is 2.07. The highest BCUT2D eigenvalue weighted by molar-refractivity contribution is 7.80. The van der Waals surface area contributed by atoms with E-state index in [1.807, 2.05) is 24.3 Å². The number of nitrogens with one attached hydrogen (secondary N) is 2. The molecule has 110 valence electrons. The van der Waals surface area contributed by atoms with Gasteiger partial charge in [0.2, 0.25) is 0 Å². The van der Waals surface area contributed by atoms with Gasteiger partial charge in [0.15, 0.2) is 5.11 Å². The van der Waals surface area contributed by atoms with Gasteiger partial charge in [0.05, 0.1) is 6.61 Å². The van der Waals surface area contributed by atoms with Gasteiger partial charge in [0.1, 0.15) is 0 Å². The fourth-order valence-corrected chi connectivity index (χ4v) is 2.29. The number of hydrogen-bond acceptors (Lipinski definition) is 3. The van der Waals surface area contributed by atoms with Crippen molar-refractivity contribution in [2.75, 3.05) is 6.61 Å². The van der Waals surface area contributed by atoms with Crippen LogP contribution in [0.25, 0.3) is 5.57 Å². The summed E-state index contributed by atoms with van der Waals surface area (Å²) in [5.74, 6) is 0. The molecule has 1 amide bonds. The molecule has 0 aromatic heterocycles. The molecular weight excluding hydrogens is 284 g/mol. The van der Waals surface area contributed by atoms with Crippen LogP contribution in [0.2, 0.25) is 0 Å². The zero-order valence-electron chi connectivity index (χ0n) is 11.9. The van der Waals surface area contributed by atoms with Crippen LogP contribution in [-0.2, 0) is 4.74 Å². The molecule has 2 N–H and O–H groups in total. The largest absolute Gasteiger partial charge is 0.450 e. The second kappa shape index (κ2) is 7.59. The molecule has 0 radical (unpaired) electrons. The van der Waals surface area contributed by atoms with Gasteiger partial charge in [-0.2, -0.15) is 0 Å². The van der Waals surface area contributed by atoms with E-state index >= 15 is 0 Å². The van der Waals surface area contributed by atoms with Gasteiger partial charge >= 0.3 is 6.09 Å². The minimum absolute atomic E-state index is 0.260. The molecule has 0 heterocycles. The van der Waals surface area contributed by atoms with Gasteiger partial charge in [-0.15, -0.1) is 0 Å². The zero-order chi connectivity index (χ0) is 15.1. The molecule has 0 unspecified atom stereocenters. The Morgan fingerprint density at radius 3 is 2.62 bits per heavy atom. The Morgan fingerprint density at radius 2 is 2.00 bits per heavy atom. The Hall–Kier alpha value is -2.14. The highest BCUT2D eigenvalue weighted by Crippen LogP contribution is 2.25. The molecule has 0 fully saturated rings. The van der Waals surface area contributed by atoms with Crippen LogP contribution in [0.5, 0.6) is 0 Å². The molecule has 0 bridgehead atoms. The molecule has 2 rings (SSSR count). The van der Waals surface area contributed by atoms with Crippen molar-refractivity contribution in [3.8, 4) is 0 Å². The quantitative estimate of drug-likeness (QED) is 0.841. The standard InChI is InChI=1S/C16H18N2O2S/c1-2-20-16(19)18-15(21)17-14-10-8-13(9-11-14)12-6-4-3-5-7-12/h3-8,10H,2,9,11H2,1H3,(H2,17,18,19,21). The summed E-state index contributed by atoms with van der Waals surface area (Å²) in [6.07, 6.45) is 5.32. The van der Waals surface area contributed by atoms with Crippen molar-refractivity contribution in [2.45, 2.75) is 19.8 Å². The third kappa shape index (κ3) is 4.72. The van der Waals surface area contributed by atoms with Crippen molar-refractivity contribution in [2.24, 2.45) is 0 Å². The van der Waals surface area contributed by atoms with Crippen LogP contribution >= 0.6 is 12.2 Å². The number of carbonyl (C=O) groups is 1. The smallest absolute Gasteiger partial charge is 0.413 e.